The molecule has 0 unspecified atom stereocenters. The summed E-state index contributed by atoms with van der Waals surface area (Å²) in [5, 5.41) is 3.33. The van der Waals surface area contributed by atoms with Crippen LogP contribution in [0.5, 0.6) is 11.6 Å². The third-order valence-electron chi connectivity index (χ3n) is 3.20. The zero-order chi connectivity index (χ0) is 15.2. The van der Waals surface area contributed by atoms with Gasteiger partial charge in [0.15, 0.2) is 0 Å². The third kappa shape index (κ3) is 4.26. The summed E-state index contributed by atoms with van der Waals surface area (Å²) in [6, 6.07) is 6.54. The molecule has 0 aliphatic heterocycles. The van der Waals surface area contributed by atoms with Crippen LogP contribution < -0.4 is 10.1 Å². The number of benzene rings is 1. The summed E-state index contributed by atoms with van der Waals surface area (Å²) < 4.78 is 19.0. The molecule has 0 atom stereocenters. The van der Waals surface area contributed by atoms with Crippen molar-refractivity contribution in [3.63, 3.8) is 0 Å². The van der Waals surface area contributed by atoms with Gasteiger partial charge in [0.1, 0.15) is 11.6 Å². The molecule has 1 aromatic carbocycles. The summed E-state index contributed by atoms with van der Waals surface area (Å²) >= 11 is 0. The average molecular weight is 288 g/mol. The van der Waals surface area contributed by atoms with E-state index in [0.29, 0.717) is 11.6 Å². The number of aromatic nitrogens is 1. The Balaban J connectivity index is 2.12. The Hall–Kier alpha value is -1.94. The van der Waals surface area contributed by atoms with Crippen LogP contribution in [0.25, 0.3) is 0 Å². The van der Waals surface area contributed by atoms with Crippen LogP contribution >= 0.6 is 0 Å². The molecule has 0 amide bonds. The fraction of sp³-hybridized carbons (Fsp3) is 0.353. The van der Waals surface area contributed by atoms with Crippen molar-refractivity contribution in [2.24, 2.45) is 0 Å². The molecule has 2 rings (SSSR count). The van der Waals surface area contributed by atoms with Crippen molar-refractivity contribution in [2.75, 3.05) is 6.54 Å². The number of hydrogen-bond acceptors (Lipinski definition) is 3. The van der Waals surface area contributed by atoms with Gasteiger partial charge in [-0.1, -0.05) is 13.0 Å². The largest absolute Gasteiger partial charge is 0.438 e. The second kappa shape index (κ2) is 7.18. The van der Waals surface area contributed by atoms with Gasteiger partial charge in [0.05, 0.1) is 0 Å². The highest BCUT2D eigenvalue weighted by molar-refractivity contribution is 5.38. The predicted octanol–water partition coefficient (Wildman–Crippen LogP) is 4.13. The molecule has 4 heteroatoms. The Bertz CT molecular complexity index is 614. The molecule has 0 saturated heterocycles. The highest BCUT2D eigenvalue weighted by Crippen LogP contribution is 2.26. The first-order valence-corrected chi connectivity index (χ1v) is 7.20. The summed E-state index contributed by atoms with van der Waals surface area (Å²) in [5.41, 5.74) is 2.94. The molecule has 112 valence electrons. The van der Waals surface area contributed by atoms with Crippen molar-refractivity contribution in [1.82, 2.24) is 10.3 Å². The predicted molar refractivity (Wildman–Crippen MR) is 82.2 cm³/mol. The van der Waals surface area contributed by atoms with E-state index < -0.39 is 0 Å². The van der Waals surface area contributed by atoms with Crippen LogP contribution in [0.4, 0.5) is 4.39 Å². The van der Waals surface area contributed by atoms with Gasteiger partial charge in [-0.15, -0.1) is 0 Å². The summed E-state index contributed by atoms with van der Waals surface area (Å²) in [6.07, 6.45) is 2.89. The van der Waals surface area contributed by atoms with E-state index in [2.05, 4.69) is 17.2 Å². The molecule has 0 radical (unpaired) electrons. The van der Waals surface area contributed by atoms with E-state index in [1.165, 1.54) is 12.1 Å². The first kappa shape index (κ1) is 15.4. The van der Waals surface area contributed by atoms with Gasteiger partial charge < -0.3 is 10.1 Å². The van der Waals surface area contributed by atoms with E-state index in [0.717, 1.165) is 36.2 Å². The molecular formula is C17H21FN2O. The summed E-state index contributed by atoms with van der Waals surface area (Å²) in [4.78, 5) is 4.34. The molecule has 0 bridgehead atoms. The Kier molecular flexibility index (Phi) is 5.28. The molecular weight excluding hydrogens is 267 g/mol. The van der Waals surface area contributed by atoms with Gasteiger partial charge in [-0.3, -0.25) is 0 Å². The maximum atomic E-state index is 13.3. The van der Waals surface area contributed by atoms with Gasteiger partial charge >= 0.3 is 0 Å². The van der Waals surface area contributed by atoms with Crippen LogP contribution in [0.2, 0.25) is 0 Å². The van der Waals surface area contributed by atoms with Gasteiger partial charge in [0, 0.05) is 24.4 Å². The van der Waals surface area contributed by atoms with E-state index in [1.54, 1.807) is 12.3 Å². The minimum Gasteiger partial charge on any atom is -0.438 e. The van der Waals surface area contributed by atoms with Crippen LogP contribution in [0.15, 0.2) is 30.5 Å². The van der Waals surface area contributed by atoms with Crippen molar-refractivity contribution in [1.29, 1.82) is 0 Å². The van der Waals surface area contributed by atoms with Gasteiger partial charge in [0.25, 0.3) is 0 Å². The second-order valence-electron chi connectivity index (χ2n) is 5.15. The monoisotopic (exact) mass is 288 g/mol. The smallest absolute Gasteiger partial charge is 0.222 e. The molecule has 1 heterocycles. The molecule has 0 aliphatic carbocycles. The average Bonchev–Trinajstić information content (AvgIpc) is 2.46. The Morgan fingerprint density at radius 3 is 2.71 bits per heavy atom. The van der Waals surface area contributed by atoms with Crippen LogP contribution in [0.1, 0.15) is 30.0 Å². The lowest BCUT2D eigenvalue weighted by Crippen LogP contribution is -2.14. The summed E-state index contributed by atoms with van der Waals surface area (Å²) in [7, 11) is 0. The number of hydrogen-bond donors (Lipinski definition) is 1. The van der Waals surface area contributed by atoms with E-state index in [9.17, 15) is 4.39 Å². The van der Waals surface area contributed by atoms with E-state index in [1.807, 2.05) is 19.9 Å². The van der Waals surface area contributed by atoms with Gasteiger partial charge in [-0.2, -0.15) is 0 Å². The lowest BCUT2D eigenvalue weighted by molar-refractivity contribution is 0.450. The Labute approximate surface area is 125 Å². The maximum Gasteiger partial charge on any atom is 0.222 e. The molecule has 0 aliphatic rings. The highest BCUT2D eigenvalue weighted by atomic mass is 19.1. The van der Waals surface area contributed by atoms with Crippen LogP contribution in [0, 0.1) is 19.7 Å². The normalized spacial score (nSPS) is 10.7. The standard InChI is InChI=1S/C17H21FN2O/c1-4-7-19-10-14-8-13(3)17(20-11-14)21-16-9-15(18)6-5-12(16)2/h5-6,8-9,11,19H,4,7,10H2,1-3H3. The second-order valence-corrected chi connectivity index (χ2v) is 5.15. The molecule has 0 spiro atoms. The third-order valence-corrected chi connectivity index (χ3v) is 3.20. The number of ether oxygens (including phenoxy) is 1. The Morgan fingerprint density at radius 1 is 1.19 bits per heavy atom. The number of nitrogens with zero attached hydrogens (tertiary/aromatic N) is 1. The molecule has 3 nitrogen and oxygen atoms in total. The topological polar surface area (TPSA) is 34.2 Å². The minimum atomic E-state index is -0.311. The van der Waals surface area contributed by atoms with Gasteiger partial charge in [0.2, 0.25) is 5.88 Å². The van der Waals surface area contributed by atoms with Crippen molar-refractivity contribution >= 4 is 0 Å². The fourth-order valence-corrected chi connectivity index (χ4v) is 2.02. The highest BCUT2D eigenvalue weighted by Gasteiger charge is 2.08. The molecule has 0 saturated carbocycles. The lowest BCUT2D eigenvalue weighted by Gasteiger charge is -2.11. The first-order valence-electron chi connectivity index (χ1n) is 7.20. The number of halogens is 1. The number of rotatable bonds is 6. The van der Waals surface area contributed by atoms with Crippen molar-refractivity contribution in [2.45, 2.75) is 33.7 Å². The zero-order valence-corrected chi connectivity index (χ0v) is 12.7. The SMILES string of the molecule is CCCNCc1cnc(Oc2cc(F)ccc2C)c(C)c1. The van der Waals surface area contributed by atoms with E-state index >= 15 is 0 Å². The Morgan fingerprint density at radius 2 is 2.00 bits per heavy atom. The summed E-state index contributed by atoms with van der Waals surface area (Å²) in [6.45, 7) is 7.74. The van der Waals surface area contributed by atoms with Crippen LogP contribution in [-0.2, 0) is 6.54 Å². The lowest BCUT2D eigenvalue weighted by atomic mass is 10.2. The van der Waals surface area contributed by atoms with Crippen molar-refractivity contribution < 1.29 is 9.13 Å². The van der Waals surface area contributed by atoms with Gasteiger partial charge in [-0.05, 0) is 50.1 Å². The van der Waals surface area contributed by atoms with Gasteiger partial charge in [-0.25, -0.2) is 9.37 Å². The zero-order valence-electron chi connectivity index (χ0n) is 12.7. The van der Waals surface area contributed by atoms with Crippen LogP contribution in [-0.4, -0.2) is 11.5 Å². The fourth-order valence-electron chi connectivity index (χ4n) is 2.02. The van der Waals surface area contributed by atoms with Crippen LogP contribution in [0.3, 0.4) is 0 Å². The molecule has 1 N–H and O–H groups in total. The van der Waals surface area contributed by atoms with E-state index in [-0.39, 0.29) is 5.82 Å². The summed E-state index contributed by atoms with van der Waals surface area (Å²) in [5.74, 6) is 0.707. The first-order chi connectivity index (χ1) is 10.1. The quantitative estimate of drug-likeness (QED) is 0.812. The van der Waals surface area contributed by atoms with E-state index in [4.69, 9.17) is 4.74 Å². The van der Waals surface area contributed by atoms with Crippen molar-refractivity contribution in [3.05, 3.63) is 53.0 Å². The van der Waals surface area contributed by atoms with Crippen molar-refractivity contribution in [3.8, 4) is 11.6 Å². The number of nitrogens with one attached hydrogen (secondary N) is 1. The minimum absolute atomic E-state index is 0.311. The molecule has 0 fully saturated rings. The molecule has 2 aromatic rings. The molecule has 21 heavy (non-hydrogen) atoms. The number of pyridine rings is 1. The molecule has 1 aromatic heterocycles. The number of aryl methyl sites for hydroxylation is 2. The maximum absolute atomic E-state index is 13.3.